The maximum atomic E-state index is 11.6. The molecule has 1 aromatic rings. The smallest absolute Gasteiger partial charge is 0.543 e. The van der Waals surface area contributed by atoms with Crippen LogP contribution in [-0.2, 0) is 0 Å². The number of aromatic carboxylic acids is 1. The van der Waals surface area contributed by atoms with Crippen LogP contribution in [0, 0.1) is 0 Å². The molecule has 0 fully saturated rings. The normalized spacial score (nSPS) is 9.12. The maximum Gasteiger partial charge on any atom is 1.00 e. The van der Waals surface area contributed by atoms with Crippen LogP contribution in [0.5, 0.6) is 0 Å². The first-order valence-corrected chi connectivity index (χ1v) is 4.49. The molecule has 80 valence electrons. The van der Waals surface area contributed by atoms with Crippen molar-refractivity contribution in [2.75, 3.05) is 13.6 Å². The number of hydrogen-bond acceptors (Lipinski definition) is 4. The van der Waals surface area contributed by atoms with Gasteiger partial charge in [0.2, 0.25) is 0 Å². The van der Waals surface area contributed by atoms with Crippen molar-refractivity contribution in [3.05, 3.63) is 29.6 Å². The summed E-state index contributed by atoms with van der Waals surface area (Å²) < 4.78 is 0. The number of rotatable bonds is 3. The SMILES string of the molecule is CCN(C)C(=O)c1ccc(C(=O)[O-])nc1.[Li+]. The van der Waals surface area contributed by atoms with Crippen molar-refractivity contribution in [1.82, 2.24) is 9.88 Å². The van der Waals surface area contributed by atoms with Crippen LogP contribution >= 0.6 is 0 Å². The molecule has 0 aliphatic carbocycles. The summed E-state index contributed by atoms with van der Waals surface area (Å²) in [4.78, 5) is 27.1. The minimum absolute atomic E-state index is 0. The van der Waals surface area contributed by atoms with Crippen molar-refractivity contribution >= 4 is 11.9 Å². The van der Waals surface area contributed by atoms with Crippen LogP contribution in [0.15, 0.2) is 18.3 Å². The standard InChI is InChI=1S/C10H12N2O3.Li/c1-3-12(2)9(13)7-4-5-8(10(14)15)11-6-7;/h4-6H,3H2,1-2H3,(H,14,15);/q;+1/p-1. The molecule has 5 nitrogen and oxygen atoms in total. The molecule has 6 heteroatoms. The first-order valence-electron chi connectivity index (χ1n) is 4.49. The number of carboxylic acid groups (broad SMARTS) is 1. The largest absolute Gasteiger partial charge is 1.00 e. The second kappa shape index (κ2) is 6.31. The minimum Gasteiger partial charge on any atom is -0.543 e. The number of aromatic nitrogens is 1. The molecular formula is C10H11LiN2O3. The molecule has 0 N–H and O–H groups in total. The number of hydrogen-bond donors (Lipinski definition) is 0. The third-order valence-electron chi connectivity index (χ3n) is 2.04. The van der Waals surface area contributed by atoms with Gasteiger partial charge < -0.3 is 14.8 Å². The average Bonchev–Trinajstić information content (AvgIpc) is 2.27. The van der Waals surface area contributed by atoms with Gasteiger partial charge in [-0.15, -0.1) is 0 Å². The zero-order valence-electron chi connectivity index (χ0n) is 9.56. The van der Waals surface area contributed by atoms with E-state index in [1.54, 1.807) is 7.05 Å². The predicted octanol–water partition coefficient (Wildman–Crippen LogP) is -3.46. The van der Waals surface area contributed by atoms with E-state index in [1.165, 1.54) is 23.2 Å². The van der Waals surface area contributed by atoms with Crippen LogP contribution in [0.4, 0.5) is 0 Å². The summed E-state index contributed by atoms with van der Waals surface area (Å²) in [6.45, 7) is 2.43. The van der Waals surface area contributed by atoms with Gasteiger partial charge in [-0.2, -0.15) is 0 Å². The number of pyridine rings is 1. The second-order valence-corrected chi connectivity index (χ2v) is 3.04. The van der Waals surface area contributed by atoms with Gasteiger partial charge in [0, 0.05) is 19.8 Å². The van der Waals surface area contributed by atoms with Gasteiger partial charge >= 0.3 is 18.9 Å². The van der Waals surface area contributed by atoms with Crippen molar-refractivity contribution in [3.63, 3.8) is 0 Å². The molecule has 0 saturated heterocycles. The minimum atomic E-state index is -1.35. The van der Waals surface area contributed by atoms with Crippen LogP contribution in [-0.4, -0.2) is 35.4 Å². The summed E-state index contributed by atoms with van der Waals surface area (Å²) in [6.07, 6.45) is 1.24. The zero-order chi connectivity index (χ0) is 11.4. The molecule has 0 saturated carbocycles. The average molecular weight is 214 g/mol. The zero-order valence-corrected chi connectivity index (χ0v) is 9.56. The van der Waals surface area contributed by atoms with Crippen molar-refractivity contribution in [1.29, 1.82) is 0 Å². The molecule has 0 unspecified atom stereocenters. The maximum absolute atomic E-state index is 11.6. The quantitative estimate of drug-likeness (QED) is 0.490. The fraction of sp³-hybridized carbons (Fsp3) is 0.300. The van der Waals surface area contributed by atoms with Crippen molar-refractivity contribution in [2.45, 2.75) is 6.92 Å². The van der Waals surface area contributed by atoms with Crippen LogP contribution in [0.3, 0.4) is 0 Å². The van der Waals surface area contributed by atoms with E-state index < -0.39 is 5.97 Å². The molecule has 1 heterocycles. The Bertz CT molecular complexity index is 378. The van der Waals surface area contributed by atoms with E-state index in [-0.39, 0.29) is 30.5 Å². The first kappa shape index (κ1) is 14.7. The molecule has 1 amide bonds. The Morgan fingerprint density at radius 1 is 1.44 bits per heavy atom. The molecule has 0 spiro atoms. The summed E-state index contributed by atoms with van der Waals surface area (Å²) in [5, 5.41) is 10.4. The van der Waals surface area contributed by atoms with E-state index in [1.807, 2.05) is 6.92 Å². The first-order chi connectivity index (χ1) is 7.06. The van der Waals surface area contributed by atoms with Gasteiger partial charge in [-0.05, 0) is 19.1 Å². The summed E-state index contributed by atoms with van der Waals surface area (Å²) in [5.41, 5.74) is 0.190. The Hall–Kier alpha value is -1.31. The number of nitrogens with zero attached hydrogens (tertiary/aromatic N) is 2. The molecular weight excluding hydrogens is 203 g/mol. The molecule has 16 heavy (non-hydrogen) atoms. The number of carboxylic acids is 1. The molecule has 0 aliphatic rings. The van der Waals surface area contributed by atoms with Gasteiger partial charge in [0.05, 0.1) is 17.2 Å². The Kier molecular flexibility index (Phi) is 5.79. The van der Waals surface area contributed by atoms with E-state index >= 15 is 0 Å². The van der Waals surface area contributed by atoms with Crippen molar-refractivity contribution in [3.8, 4) is 0 Å². The Balaban J connectivity index is 0.00000225. The second-order valence-electron chi connectivity index (χ2n) is 3.04. The van der Waals surface area contributed by atoms with Crippen LogP contribution < -0.4 is 24.0 Å². The van der Waals surface area contributed by atoms with Crippen LogP contribution in [0.1, 0.15) is 27.8 Å². The summed E-state index contributed by atoms with van der Waals surface area (Å²) >= 11 is 0. The van der Waals surface area contributed by atoms with Gasteiger partial charge in [0.1, 0.15) is 0 Å². The van der Waals surface area contributed by atoms with E-state index in [4.69, 9.17) is 0 Å². The van der Waals surface area contributed by atoms with Crippen molar-refractivity contribution < 1.29 is 33.6 Å². The number of amides is 1. The molecule has 1 rings (SSSR count). The molecule has 0 bridgehead atoms. The van der Waals surface area contributed by atoms with Crippen molar-refractivity contribution in [2.24, 2.45) is 0 Å². The predicted molar refractivity (Wildman–Crippen MR) is 51.2 cm³/mol. The van der Waals surface area contributed by atoms with E-state index in [0.29, 0.717) is 12.1 Å². The summed E-state index contributed by atoms with van der Waals surface area (Å²) in [5.74, 6) is -1.53. The third kappa shape index (κ3) is 3.37. The monoisotopic (exact) mass is 214 g/mol. The van der Waals surface area contributed by atoms with E-state index in [0.717, 1.165) is 0 Å². The summed E-state index contributed by atoms with van der Waals surface area (Å²) in [7, 11) is 1.66. The molecule has 0 aromatic carbocycles. The van der Waals surface area contributed by atoms with Gasteiger partial charge in [-0.25, -0.2) is 0 Å². The van der Waals surface area contributed by atoms with Gasteiger partial charge in [-0.3, -0.25) is 9.78 Å². The molecule has 0 radical (unpaired) electrons. The Morgan fingerprint density at radius 2 is 2.06 bits per heavy atom. The van der Waals surface area contributed by atoms with E-state index in [2.05, 4.69) is 4.98 Å². The Labute approximate surface area is 106 Å². The summed E-state index contributed by atoms with van der Waals surface area (Å²) in [6, 6.07) is 2.68. The Morgan fingerprint density at radius 3 is 2.44 bits per heavy atom. The molecule has 0 atom stereocenters. The van der Waals surface area contributed by atoms with Crippen LogP contribution in [0.25, 0.3) is 0 Å². The fourth-order valence-corrected chi connectivity index (χ4v) is 1.01. The molecule has 0 aliphatic heterocycles. The van der Waals surface area contributed by atoms with Gasteiger partial charge in [0.25, 0.3) is 5.91 Å². The third-order valence-corrected chi connectivity index (χ3v) is 2.04. The number of carbonyl (C=O) groups is 2. The molecule has 1 aromatic heterocycles. The van der Waals surface area contributed by atoms with Gasteiger partial charge in [-0.1, -0.05) is 0 Å². The number of carbonyl (C=O) groups excluding carboxylic acids is 2. The topological polar surface area (TPSA) is 73.3 Å². The fourth-order valence-electron chi connectivity index (χ4n) is 1.01. The van der Waals surface area contributed by atoms with E-state index in [9.17, 15) is 14.7 Å². The van der Waals surface area contributed by atoms with Gasteiger partial charge in [0.15, 0.2) is 0 Å². The van der Waals surface area contributed by atoms with Crippen LogP contribution in [0.2, 0.25) is 0 Å².